The highest BCUT2D eigenvalue weighted by molar-refractivity contribution is 5.70. The summed E-state index contributed by atoms with van der Waals surface area (Å²) in [6.07, 6.45) is 1.36. The SMILES string of the molecule is COc1ccc(-c2cn(Cc3ccccc3CC(=O)O)nn2)c(F)c1F. The smallest absolute Gasteiger partial charge is 0.307 e. The van der Waals surface area contributed by atoms with E-state index in [-0.39, 0.29) is 30.0 Å². The fraction of sp³-hybridized carbons (Fsp3) is 0.167. The normalized spacial score (nSPS) is 10.7. The van der Waals surface area contributed by atoms with Gasteiger partial charge in [0.05, 0.1) is 26.3 Å². The van der Waals surface area contributed by atoms with E-state index in [0.717, 1.165) is 5.56 Å². The molecule has 0 aliphatic rings. The van der Waals surface area contributed by atoms with E-state index in [4.69, 9.17) is 9.84 Å². The quantitative estimate of drug-likeness (QED) is 0.732. The zero-order valence-corrected chi connectivity index (χ0v) is 13.8. The Morgan fingerprint density at radius 2 is 1.88 bits per heavy atom. The molecule has 134 valence electrons. The first-order valence-electron chi connectivity index (χ1n) is 7.70. The van der Waals surface area contributed by atoms with Crippen molar-refractivity contribution in [3.05, 3.63) is 65.4 Å². The van der Waals surface area contributed by atoms with E-state index in [2.05, 4.69) is 10.3 Å². The van der Waals surface area contributed by atoms with Crippen LogP contribution in [-0.2, 0) is 17.8 Å². The maximum atomic E-state index is 14.2. The van der Waals surface area contributed by atoms with Gasteiger partial charge in [0.15, 0.2) is 11.6 Å². The van der Waals surface area contributed by atoms with Crippen molar-refractivity contribution in [2.75, 3.05) is 7.11 Å². The molecule has 1 heterocycles. The summed E-state index contributed by atoms with van der Waals surface area (Å²) in [7, 11) is 1.25. The largest absolute Gasteiger partial charge is 0.494 e. The summed E-state index contributed by atoms with van der Waals surface area (Å²) in [6, 6.07) is 9.73. The van der Waals surface area contributed by atoms with Crippen molar-refractivity contribution in [2.45, 2.75) is 13.0 Å². The topological polar surface area (TPSA) is 77.2 Å². The van der Waals surface area contributed by atoms with E-state index in [0.29, 0.717) is 5.56 Å². The Labute approximate surface area is 147 Å². The summed E-state index contributed by atoms with van der Waals surface area (Å²) < 4.78 is 34.2. The lowest BCUT2D eigenvalue weighted by Gasteiger charge is -2.07. The number of benzene rings is 2. The second-order valence-electron chi connectivity index (χ2n) is 5.58. The maximum Gasteiger partial charge on any atom is 0.307 e. The molecule has 0 saturated heterocycles. The van der Waals surface area contributed by atoms with Crippen molar-refractivity contribution < 1.29 is 23.4 Å². The van der Waals surface area contributed by atoms with Crippen molar-refractivity contribution in [1.82, 2.24) is 15.0 Å². The second kappa shape index (κ2) is 7.30. The number of ether oxygens (including phenoxy) is 1. The molecule has 0 amide bonds. The molecular weight excluding hydrogens is 344 g/mol. The molecule has 1 aromatic heterocycles. The first-order valence-corrected chi connectivity index (χ1v) is 7.70. The number of halogens is 2. The van der Waals surface area contributed by atoms with Crippen molar-refractivity contribution >= 4 is 5.97 Å². The molecule has 6 nitrogen and oxygen atoms in total. The minimum absolute atomic E-state index is 0.0339. The second-order valence-corrected chi connectivity index (χ2v) is 5.58. The van der Waals surface area contributed by atoms with Crippen LogP contribution in [0.1, 0.15) is 11.1 Å². The highest BCUT2D eigenvalue weighted by Crippen LogP contribution is 2.28. The van der Waals surface area contributed by atoms with Gasteiger partial charge >= 0.3 is 5.97 Å². The monoisotopic (exact) mass is 359 g/mol. The highest BCUT2D eigenvalue weighted by atomic mass is 19.2. The standard InChI is InChI=1S/C18H15F2N3O3/c1-26-15-7-6-13(17(19)18(15)20)14-10-23(22-21-14)9-12-5-3-2-4-11(12)8-16(24)25/h2-7,10H,8-9H2,1H3,(H,24,25). The molecular formula is C18H15F2N3O3. The zero-order valence-electron chi connectivity index (χ0n) is 13.8. The molecule has 1 N–H and O–H groups in total. The summed E-state index contributed by atoms with van der Waals surface area (Å²) in [5.74, 6) is -3.29. The average Bonchev–Trinajstić information content (AvgIpc) is 3.07. The summed E-state index contributed by atoms with van der Waals surface area (Å²) in [4.78, 5) is 11.0. The number of carbonyl (C=O) groups is 1. The van der Waals surface area contributed by atoms with E-state index < -0.39 is 17.6 Å². The third kappa shape index (κ3) is 3.53. The lowest BCUT2D eigenvalue weighted by atomic mass is 10.0. The molecule has 3 rings (SSSR count). The highest BCUT2D eigenvalue weighted by Gasteiger charge is 2.17. The Morgan fingerprint density at radius 3 is 2.58 bits per heavy atom. The number of aliphatic carboxylic acids is 1. The molecule has 26 heavy (non-hydrogen) atoms. The van der Waals surface area contributed by atoms with E-state index in [1.54, 1.807) is 24.3 Å². The van der Waals surface area contributed by atoms with Crippen LogP contribution in [0.4, 0.5) is 8.78 Å². The van der Waals surface area contributed by atoms with Gasteiger partial charge in [-0.2, -0.15) is 4.39 Å². The molecule has 0 unspecified atom stereocenters. The van der Waals surface area contributed by atoms with Crippen molar-refractivity contribution in [3.63, 3.8) is 0 Å². The van der Waals surface area contributed by atoms with E-state index in [1.807, 2.05) is 0 Å². The predicted molar refractivity (Wildman–Crippen MR) is 88.8 cm³/mol. The molecule has 0 radical (unpaired) electrons. The van der Waals surface area contributed by atoms with Gasteiger partial charge < -0.3 is 9.84 Å². The Morgan fingerprint density at radius 1 is 1.15 bits per heavy atom. The van der Waals surface area contributed by atoms with Gasteiger partial charge in [-0.3, -0.25) is 4.79 Å². The van der Waals surface area contributed by atoms with Gasteiger partial charge in [0.2, 0.25) is 5.82 Å². The number of hydrogen-bond donors (Lipinski definition) is 1. The number of carboxylic acid groups (broad SMARTS) is 1. The van der Waals surface area contributed by atoms with E-state index in [9.17, 15) is 13.6 Å². The third-order valence-corrected chi connectivity index (χ3v) is 3.87. The summed E-state index contributed by atoms with van der Waals surface area (Å²) in [5, 5.41) is 16.8. The molecule has 0 bridgehead atoms. The van der Waals surface area contributed by atoms with Crippen LogP contribution in [0.15, 0.2) is 42.6 Å². The molecule has 0 saturated carbocycles. The van der Waals surface area contributed by atoms with Crippen LogP contribution < -0.4 is 4.74 Å². The summed E-state index contributed by atoms with van der Waals surface area (Å²) in [5.41, 5.74) is 1.54. The van der Waals surface area contributed by atoms with Gasteiger partial charge in [-0.1, -0.05) is 29.5 Å². The lowest BCUT2D eigenvalue weighted by molar-refractivity contribution is -0.136. The average molecular weight is 359 g/mol. The van der Waals surface area contributed by atoms with Gasteiger partial charge in [-0.05, 0) is 23.3 Å². The molecule has 8 heteroatoms. The maximum absolute atomic E-state index is 14.2. The first kappa shape index (κ1) is 17.5. The van der Waals surface area contributed by atoms with Crippen LogP contribution in [0.3, 0.4) is 0 Å². The van der Waals surface area contributed by atoms with Crippen LogP contribution in [0.25, 0.3) is 11.3 Å². The van der Waals surface area contributed by atoms with Crippen LogP contribution in [0.2, 0.25) is 0 Å². The number of aromatic nitrogens is 3. The minimum Gasteiger partial charge on any atom is -0.494 e. The molecule has 2 aromatic carbocycles. The van der Waals surface area contributed by atoms with Crippen LogP contribution in [0, 0.1) is 11.6 Å². The van der Waals surface area contributed by atoms with Gasteiger partial charge in [0.25, 0.3) is 0 Å². The van der Waals surface area contributed by atoms with E-state index >= 15 is 0 Å². The van der Waals surface area contributed by atoms with Crippen LogP contribution in [0.5, 0.6) is 5.75 Å². The van der Waals surface area contributed by atoms with Crippen molar-refractivity contribution in [1.29, 1.82) is 0 Å². The number of hydrogen-bond acceptors (Lipinski definition) is 4. The molecule has 3 aromatic rings. The van der Waals surface area contributed by atoms with Gasteiger partial charge in [0.1, 0.15) is 5.69 Å². The Bertz CT molecular complexity index is 957. The first-order chi connectivity index (χ1) is 12.5. The fourth-order valence-corrected chi connectivity index (χ4v) is 2.61. The Hall–Kier alpha value is -3.29. The van der Waals surface area contributed by atoms with Gasteiger partial charge in [-0.15, -0.1) is 5.10 Å². The summed E-state index contributed by atoms with van der Waals surface area (Å²) >= 11 is 0. The van der Waals surface area contributed by atoms with Crippen molar-refractivity contribution in [2.24, 2.45) is 0 Å². The number of nitrogens with zero attached hydrogens (tertiary/aromatic N) is 3. The van der Waals surface area contributed by atoms with E-state index in [1.165, 1.54) is 30.1 Å². The molecule has 0 aliphatic carbocycles. The Kier molecular flexibility index (Phi) is 4.92. The predicted octanol–water partition coefficient (Wildman–Crippen LogP) is 2.91. The van der Waals surface area contributed by atoms with Crippen molar-refractivity contribution in [3.8, 4) is 17.0 Å². The lowest BCUT2D eigenvalue weighted by Crippen LogP contribution is -2.07. The molecule has 0 aliphatic heterocycles. The molecule has 0 spiro atoms. The van der Waals surface area contributed by atoms with Gasteiger partial charge in [0, 0.05) is 5.56 Å². The fourth-order valence-electron chi connectivity index (χ4n) is 2.61. The molecule has 0 fully saturated rings. The number of methoxy groups -OCH3 is 1. The minimum atomic E-state index is -1.09. The van der Waals surface area contributed by atoms with Crippen LogP contribution in [-0.4, -0.2) is 33.2 Å². The summed E-state index contributed by atoms with van der Waals surface area (Å²) in [6.45, 7) is 0.261. The zero-order chi connectivity index (χ0) is 18.7. The molecule has 0 atom stereocenters. The number of rotatable bonds is 6. The van der Waals surface area contributed by atoms with Crippen LogP contribution >= 0.6 is 0 Å². The van der Waals surface area contributed by atoms with Gasteiger partial charge in [-0.25, -0.2) is 9.07 Å². The third-order valence-electron chi connectivity index (χ3n) is 3.87. The Balaban J connectivity index is 1.88. The number of carboxylic acids is 1.